The number of rotatable bonds is 8. The van der Waals surface area contributed by atoms with Crippen LogP contribution in [0.3, 0.4) is 0 Å². The molecule has 0 aliphatic heterocycles. The van der Waals surface area contributed by atoms with Crippen LogP contribution < -0.4 is 9.46 Å². The lowest BCUT2D eigenvalue weighted by Gasteiger charge is -2.15. The standard InChI is InChI=1S/C16H23NO3S/c1-3-4-10-21(18,19)17-13(2)15-6-5-7-16(11-15)20-12-14-8-9-14/h3-7,11,13-14,17H,8-10,12H2,1-2H3/b4-3+/t13-/m1/s1. The fraction of sp³-hybridized carbons (Fsp3) is 0.500. The first-order valence-corrected chi connectivity index (χ1v) is 8.99. The summed E-state index contributed by atoms with van der Waals surface area (Å²) in [6.45, 7) is 4.40. The molecule has 0 saturated heterocycles. The van der Waals surface area contributed by atoms with Crippen LogP contribution in [-0.2, 0) is 10.0 Å². The molecule has 1 aliphatic rings. The van der Waals surface area contributed by atoms with E-state index in [2.05, 4.69) is 4.72 Å². The van der Waals surface area contributed by atoms with Crippen LogP contribution in [-0.4, -0.2) is 20.8 Å². The summed E-state index contributed by atoms with van der Waals surface area (Å²) in [6.07, 6.45) is 5.86. The smallest absolute Gasteiger partial charge is 0.215 e. The van der Waals surface area contributed by atoms with Gasteiger partial charge in [0.1, 0.15) is 5.75 Å². The third-order valence-corrected chi connectivity index (χ3v) is 4.79. The molecule has 0 aromatic heterocycles. The average molecular weight is 309 g/mol. The Balaban J connectivity index is 1.97. The number of allylic oxidation sites excluding steroid dienone is 1. The van der Waals surface area contributed by atoms with Gasteiger partial charge in [-0.2, -0.15) is 0 Å². The lowest BCUT2D eigenvalue weighted by Crippen LogP contribution is -2.28. The van der Waals surface area contributed by atoms with Gasteiger partial charge in [-0.3, -0.25) is 0 Å². The number of ether oxygens (including phenoxy) is 1. The van der Waals surface area contributed by atoms with Gasteiger partial charge < -0.3 is 4.74 Å². The second kappa shape index (κ2) is 7.09. The molecule has 4 nitrogen and oxygen atoms in total. The van der Waals surface area contributed by atoms with Crippen LogP contribution in [0.15, 0.2) is 36.4 Å². The van der Waals surface area contributed by atoms with E-state index in [1.807, 2.05) is 31.2 Å². The molecule has 0 amide bonds. The van der Waals surface area contributed by atoms with Crippen molar-refractivity contribution in [3.8, 4) is 5.75 Å². The van der Waals surface area contributed by atoms with Crippen LogP contribution in [0.4, 0.5) is 0 Å². The molecule has 1 aromatic carbocycles. The second-order valence-electron chi connectivity index (χ2n) is 5.52. The Morgan fingerprint density at radius 3 is 2.86 bits per heavy atom. The summed E-state index contributed by atoms with van der Waals surface area (Å²) in [5, 5.41) is 0. The molecule has 0 heterocycles. The summed E-state index contributed by atoms with van der Waals surface area (Å²) >= 11 is 0. The highest BCUT2D eigenvalue weighted by molar-refractivity contribution is 7.89. The fourth-order valence-corrected chi connectivity index (χ4v) is 3.20. The van der Waals surface area contributed by atoms with Crippen LogP contribution in [0, 0.1) is 5.92 Å². The molecule has 1 aromatic rings. The Hall–Kier alpha value is -1.33. The minimum atomic E-state index is -3.30. The summed E-state index contributed by atoms with van der Waals surface area (Å²) in [5.74, 6) is 1.51. The minimum Gasteiger partial charge on any atom is -0.493 e. The van der Waals surface area contributed by atoms with Crippen LogP contribution in [0.25, 0.3) is 0 Å². The zero-order chi connectivity index (χ0) is 15.3. The first-order chi connectivity index (χ1) is 10.00. The highest BCUT2D eigenvalue weighted by Crippen LogP contribution is 2.30. The van der Waals surface area contributed by atoms with Gasteiger partial charge in [-0.1, -0.05) is 24.3 Å². The Kier molecular flexibility index (Phi) is 5.42. The first-order valence-electron chi connectivity index (χ1n) is 7.34. The summed E-state index contributed by atoms with van der Waals surface area (Å²) in [6, 6.07) is 7.35. The molecule has 2 rings (SSSR count). The lowest BCUT2D eigenvalue weighted by atomic mass is 10.1. The monoisotopic (exact) mass is 309 g/mol. The summed E-state index contributed by atoms with van der Waals surface area (Å²) in [7, 11) is -3.30. The van der Waals surface area contributed by atoms with Crippen LogP contribution in [0.2, 0.25) is 0 Å². The molecule has 0 radical (unpaired) electrons. The van der Waals surface area contributed by atoms with Gasteiger partial charge in [-0.25, -0.2) is 13.1 Å². The average Bonchev–Trinajstić information content (AvgIpc) is 3.27. The quantitative estimate of drug-likeness (QED) is 0.751. The van der Waals surface area contributed by atoms with Crippen molar-refractivity contribution in [2.24, 2.45) is 5.92 Å². The molecule has 116 valence electrons. The first kappa shape index (κ1) is 16.0. The number of hydrogen-bond acceptors (Lipinski definition) is 3. The van der Waals surface area contributed by atoms with Crippen molar-refractivity contribution in [1.29, 1.82) is 0 Å². The van der Waals surface area contributed by atoms with Gasteiger partial charge in [-0.15, -0.1) is 0 Å². The third-order valence-electron chi connectivity index (χ3n) is 3.45. The molecular weight excluding hydrogens is 286 g/mol. The molecule has 1 N–H and O–H groups in total. The topological polar surface area (TPSA) is 55.4 Å². The van der Waals surface area contributed by atoms with Crippen LogP contribution in [0.5, 0.6) is 5.75 Å². The highest BCUT2D eigenvalue weighted by atomic mass is 32.2. The van der Waals surface area contributed by atoms with E-state index in [9.17, 15) is 8.42 Å². The molecule has 0 bridgehead atoms. The Bertz CT molecular complexity index is 591. The predicted molar refractivity (Wildman–Crippen MR) is 84.8 cm³/mol. The van der Waals surface area contributed by atoms with Crippen LogP contribution in [0.1, 0.15) is 38.3 Å². The summed E-state index contributed by atoms with van der Waals surface area (Å²) in [5.41, 5.74) is 0.910. The normalized spacial score (nSPS) is 17.0. The van der Waals surface area contributed by atoms with E-state index in [4.69, 9.17) is 4.74 Å². The largest absolute Gasteiger partial charge is 0.493 e. The van der Waals surface area contributed by atoms with E-state index in [-0.39, 0.29) is 11.8 Å². The van der Waals surface area contributed by atoms with Crippen molar-refractivity contribution in [2.75, 3.05) is 12.4 Å². The van der Waals surface area contributed by atoms with Crippen molar-refractivity contribution in [3.05, 3.63) is 42.0 Å². The molecule has 0 unspecified atom stereocenters. The molecule has 0 spiro atoms. The van der Waals surface area contributed by atoms with E-state index in [0.717, 1.165) is 17.9 Å². The molecule has 21 heavy (non-hydrogen) atoms. The van der Waals surface area contributed by atoms with Gasteiger partial charge in [-0.05, 0) is 50.3 Å². The van der Waals surface area contributed by atoms with E-state index in [1.54, 1.807) is 19.1 Å². The van der Waals surface area contributed by atoms with Crippen molar-refractivity contribution < 1.29 is 13.2 Å². The number of hydrogen-bond donors (Lipinski definition) is 1. The Morgan fingerprint density at radius 1 is 1.43 bits per heavy atom. The molecule has 1 fully saturated rings. The maximum absolute atomic E-state index is 11.9. The van der Waals surface area contributed by atoms with E-state index >= 15 is 0 Å². The number of nitrogens with one attached hydrogen (secondary N) is 1. The van der Waals surface area contributed by atoms with Gasteiger partial charge in [0.2, 0.25) is 10.0 Å². The maximum atomic E-state index is 11.9. The molecule has 5 heteroatoms. The van der Waals surface area contributed by atoms with E-state index < -0.39 is 10.0 Å². The van der Waals surface area contributed by atoms with Gasteiger partial charge in [0, 0.05) is 6.04 Å². The van der Waals surface area contributed by atoms with Crippen molar-refractivity contribution in [1.82, 2.24) is 4.72 Å². The van der Waals surface area contributed by atoms with E-state index in [0.29, 0.717) is 5.92 Å². The molecule has 1 aliphatic carbocycles. The van der Waals surface area contributed by atoms with Crippen molar-refractivity contribution in [3.63, 3.8) is 0 Å². The number of sulfonamides is 1. The van der Waals surface area contributed by atoms with Crippen molar-refractivity contribution in [2.45, 2.75) is 32.7 Å². The summed E-state index contributed by atoms with van der Waals surface area (Å²) < 4.78 is 32.2. The van der Waals surface area contributed by atoms with E-state index in [1.165, 1.54) is 12.8 Å². The molecule has 1 atom stereocenters. The Morgan fingerprint density at radius 2 is 2.19 bits per heavy atom. The zero-order valence-corrected chi connectivity index (χ0v) is 13.4. The SMILES string of the molecule is C/C=C/CS(=O)(=O)N[C@H](C)c1cccc(OCC2CC2)c1. The third kappa shape index (κ3) is 5.52. The highest BCUT2D eigenvalue weighted by Gasteiger charge is 2.22. The summed E-state index contributed by atoms with van der Waals surface area (Å²) in [4.78, 5) is 0. The second-order valence-corrected chi connectivity index (χ2v) is 7.32. The lowest BCUT2D eigenvalue weighted by molar-refractivity contribution is 0.299. The van der Waals surface area contributed by atoms with Crippen LogP contribution >= 0.6 is 0 Å². The van der Waals surface area contributed by atoms with Gasteiger partial charge in [0.05, 0.1) is 12.4 Å². The molecular formula is C16H23NO3S. The van der Waals surface area contributed by atoms with Gasteiger partial charge in [0.15, 0.2) is 0 Å². The van der Waals surface area contributed by atoms with Gasteiger partial charge in [0.25, 0.3) is 0 Å². The zero-order valence-electron chi connectivity index (χ0n) is 12.6. The number of benzene rings is 1. The maximum Gasteiger partial charge on any atom is 0.215 e. The molecule has 1 saturated carbocycles. The fourth-order valence-electron chi connectivity index (χ4n) is 1.98. The predicted octanol–water partition coefficient (Wildman–Crippen LogP) is 3.03. The van der Waals surface area contributed by atoms with Crippen molar-refractivity contribution >= 4 is 10.0 Å². The van der Waals surface area contributed by atoms with Gasteiger partial charge >= 0.3 is 0 Å². The Labute approximate surface area is 127 Å². The minimum absolute atomic E-state index is 0.00567.